The Morgan fingerprint density at radius 3 is 2.83 bits per heavy atom. The number of aliphatic hydroxyl groups excluding tert-OH is 1. The van der Waals surface area contributed by atoms with E-state index >= 15 is 0 Å². The second kappa shape index (κ2) is 7.31. The Bertz CT molecular complexity index is 387. The molecule has 3 nitrogen and oxygen atoms in total. The number of halogens is 2. The summed E-state index contributed by atoms with van der Waals surface area (Å²) in [5.41, 5.74) is 2.28. The second-order valence-electron chi connectivity index (χ2n) is 4.70. The first kappa shape index (κ1) is 15.7. The first-order chi connectivity index (χ1) is 8.16. The van der Waals surface area contributed by atoms with Crippen molar-refractivity contribution < 1.29 is 5.11 Å². The van der Waals surface area contributed by atoms with E-state index in [0.29, 0.717) is 12.5 Å². The average Bonchev–Trinajstić information content (AvgIpc) is 2.70. The second-order valence-corrected chi connectivity index (χ2v) is 5.11. The molecule has 0 aliphatic carbocycles. The van der Waals surface area contributed by atoms with Gasteiger partial charge >= 0.3 is 0 Å². The van der Waals surface area contributed by atoms with Gasteiger partial charge in [-0.3, -0.25) is 0 Å². The van der Waals surface area contributed by atoms with Gasteiger partial charge in [0.15, 0.2) is 0 Å². The zero-order chi connectivity index (χ0) is 12.3. The molecule has 1 aromatic carbocycles. The van der Waals surface area contributed by atoms with Crippen LogP contribution >= 0.6 is 24.0 Å². The molecule has 5 heteroatoms. The van der Waals surface area contributed by atoms with Gasteiger partial charge in [-0.05, 0) is 24.1 Å². The number of β-amino-alcohol motifs (C(OH)–C–C–N with tert-alkyl or cyclic N) is 1. The summed E-state index contributed by atoms with van der Waals surface area (Å²) < 4.78 is 0. The first-order valence-electron chi connectivity index (χ1n) is 6.01. The van der Waals surface area contributed by atoms with Gasteiger partial charge in [0.1, 0.15) is 0 Å². The predicted octanol–water partition coefficient (Wildman–Crippen LogP) is 1.74. The molecule has 0 spiro atoms. The monoisotopic (exact) mass is 290 g/mol. The summed E-state index contributed by atoms with van der Waals surface area (Å²) in [6.07, 6.45) is -0.218. The molecular weight excluding hydrogens is 271 g/mol. The van der Waals surface area contributed by atoms with Crippen LogP contribution in [0.15, 0.2) is 18.2 Å². The quantitative estimate of drug-likeness (QED) is 0.792. The fourth-order valence-corrected chi connectivity index (χ4v) is 2.28. The van der Waals surface area contributed by atoms with Gasteiger partial charge in [0.2, 0.25) is 0 Å². The van der Waals surface area contributed by atoms with Crippen molar-refractivity contribution in [1.82, 2.24) is 10.6 Å². The van der Waals surface area contributed by atoms with Gasteiger partial charge in [0.05, 0.1) is 6.10 Å². The zero-order valence-corrected chi connectivity index (χ0v) is 12.0. The van der Waals surface area contributed by atoms with Gasteiger partial charge in [0.25, 0.3) is 0 Å². The van der Waals surface area contributed by atoms with Gasteiger partial charge in [-0.2, -0.15) is 0 Å². The summed E-state index contributed by atoms with van der Waals surface area (Å²) >= 11 is 6.07. The lowest BCUT2D eigenvalue weighted by atomic mass is 10.1. The third-order valence-electron chi connectivity index (χ3n) is 3.28. The van der Waals surface area contributed by atoms with E-state index in [1.807, 2.05) is 19.1 Å². The van der Waals surface area contributed by atoms with Crippen molar-refractivity contribution >= 4 is 24.0 Å². The van der Waals surface area contributed by atoms with E-state index in [4.69, 9.17) is 11.6 Å². The Balaban J connectivity index is 0.00000162. The maximum Gasteiger partial charge on any atom is 0.0716 e. The molecule has 1 aliphatic rings. The van der Waals surface area contributed by atoms with Crippen LogP contribution in [-0.4, -0.2) is 30.8 Å². The number of aliphatic hydroxyl groups is 1. The lowest BCUT2D eigenvalue weighted by molar-refractivity contribution is 0.146. The highest BCUT2D eigenvalue weighted by Crippen LogP contribution is 2.16. The summed E-state index contributed by atoms with van der Waals surface area (Å²) in [6, 6.07) is 6.11. The first-order valence-corrected chi connectivity index (χ1v) is 6.39. The maximum atomic E-state index is 9.64. The Labute approximate surface area is 119 Å². The minimum Gasteiger partial charge on any atom is -0.391 e. The molecule has 3 N–H and O–H groups in total. The van der Waals surface area contributed by atoms with Crippen LogP contribution in [0.4, 0.5) is 0 Å². The van der Waals surface area contributed by atoms with Crippen molar-refractivity contribution in [2.45, 2.75) is 19.6 Å². The maximum absolute atomic E-state index is 9.64. The van der Waals surface area contributed by atoms with Gasteiger partial charge in [-0.1, -0.05) is 23.7 Å². The van der Waals surface area contributed by atoms with Crippen molar-refractivity contribution in [2.75, 3.05) is 19.6 Å². The largest absolute Gasteiger partial charge is 0.391 e. The van der Waals surface area contributed by atoms with Crippen LogP contribution in [0.25, 0.3) is 0 Å². The Morgan fingerprint density at radius 2 is 2.22 bits per heavy atom. The van der Waals surface area contributed by atoms with Crippen LogP contribution in [0.5, 0.6) is 0 Å². The van der Waals surface area contributed by atoms with Crippen molar-refractivity contribution in [3.8, 4) is 0 Å². The molecule has 1 saturated heterocycles. The molecule has 18 heavy (non-hydrogen) atoms. The normalized spacial score (nSPS) is 22.8. The van der Waals surface area contributed by atoms with Gasteiger partial charge in [-0.15, -0.1) is 12.4 Å². The molecule has 102 valence electrons. The molecule has 0 saturated carbocycles. The van der Waals surface area contributed by atoms with Crippen molar-refractivity contribution in [1.29, 1.82) is 0 Å². The van der Waals surface area contributed by atoms with E-state index < -0.39 is 0 Å². The summed E-state index contributed by atoms with van der Waals surface area (Å²) in [5, 5.41) is 17.0. The van der Waals surface area contributed by atoms with E-state index in [-0.39, 0.29) is 18.5 Å². The standard InChI is InChI=1S/C13H19ClN2O.ClH/c1-9-2-3-10(4-12(9)14)5-15-6-11-7-16-8-13(11)17;/h2-4,11,13,15-17H,5-8H2,1H3;1H. The van der Waals surface area contributed by atoms with Crippen molar-refractivity contribution in [2.24, 2.45) is 5.92 Å². The van der Waals surface area contributed by atoms with E-state index in [2.05, 4.69) is 16.7 Å². The molecule has 1 aromatic rings. The lowest BCUT2D eigenvalue weighted by Gasteiger charge is -2.14. The number of benzene rings is 1. The number of nitrogens with one attached hydrogen (secondary N) is 2. The fraction of sp³-hybridized carbons (Fsp3) is 0.538. The predicted molar refractivity (Wildman–Crippen MR) is 77.5 cm³/mol. The molecule has 2 rings (SSSR count). The highest BCUT2D eigenvalue weighted by Gasteiger charge is 2.23. The van der Waals surface area contributed by atoms with Gasteiger partial charge in [-0.25, -0.2) is 0 Å². The molecular formula is C13H20Cl2N2O. The van der Waals surface area contributed by atoms with Crippen LogP contribution in [-0.2, 0) is 6.54 Å². The van der Waals surface area contributed by atoms with Crippen molar-refractivity contribution in [3.63, 3.8) is 0 Å². The molecule has 0 bridgehead atoms. The minimum atomic E-state index is -0.218. The summed E-state index contributed by atoms with van der Waals surface area (Å²) in [7, 11) is 0. The zero-order valence-electron chi connectivity index (χ0n) is 10.4. The fourth-order valence-electron chi connectivity index (χ4n) is 2.08. The van der Waals surface area contributed by atoms with E-state index in [1.54, 1.807) is 0 Å². The third kappa shape index (κ3) is 4.11. The highest BCUT2D eigenvalue weighted by molar-refractivity contribution is 6.31. The minimum absolute atomic E-state index is 0. The molecule has 0 aromatic heterocycles. The van der Waals surface area contributed by atoms with Crippen LogP contribution < -0.4 is 10.6 Å². The molecule has 0 amide bonds. The van der Waals surface area contributed by atoms with Crippen LogP contribution in [0, 0.1) is 12.8 Å². The average molecular weight is 291 g/mol. The molecule has 1 heterocycles. The van der Waals surface area contributed by atoms with Crippen LogP contribution in [0.2, 0.25) is 5.02 Å². The topological polar surface area (TPSA) is 44.3 Å². The number of aryl methyl sites for hydroxylation is 1. The lowest BCUT2D eigenvalue weighted by Crippen LogP contribution is -2.30. The number of rotatable bonds is 4. The van der Waals surface area contributed by atoms with Gasteiger partial charge < -0.3 is 15.7 Å². The molecule has 1 aliphatic heterocycles. The summed E-state index contributed by atoms with van der Waals surface area (Å²) in [6.45, 7) is 5.23. The van der Waals surface area contributed by atoms with Crippen molar-refractivity contribution in [3.05, 3.63) is 34.3 Å². The number of hydrogen-bond donors (Lipinski definition) is 3. The smallest absolute Gasteiger partial charge is 0.0716 e. The van der Waals surface area contributed by atoms with E-state index in [0.717, 1.165) is 30.2 Å². The molecule has 1 fully saturated rings. The van der Waals surface area contributed by atoms with E-state index in [1.165, 1.54) is 5.56 Å². The summed E-state index contributed by atoms with van der Waals surface area (Å²) in [5.74, 6) is 0.316. The Morgan fingerprint density at radius 1 is 1.44 bits per heavy atom. The third-order valence-corrected chi connectivity index (χ3v) is 3.68. The number of hydrogen-bond acceptors (Lipinski definition) is 3. The van der Waals surface area contributed by atoms with Crippen LogP contribution in [0.1, 0.15) is 11.1 Å². The van der Waals surface area contributed by atoms with Crippen LogP contribution in [0.3, 0.4) is 0 Å². The SMILES string of the molecule is Cc1ccc(CNCC2CNCC2O)cc1Cl.Cl. The Kier molecular flexibility index (Phi) is 6.39. The molecule has 2 atom stereocenters. The molecule has 0 radical (unpaired) electrons. The summed E-state index contributed by atoms with van der Waals surface area (Å²) in [4.78, 5) is 0. The highest BCUT2D eigenvalue weighted by atomic mass is 35.5. The van der Waals surface area contributed by atoms with E-state index in [9.17, 15) is 5.11 Å². The van der Waals surface area contributed by atoms with Gasteiger partial charge in [0, 0.05) is 37.1 Å². The molecule has 2 unspecified atom stereocenters. The Hall–Kier alpha value is -0.320.